The van der Waals surface area contributed by atoms with Gasteiger partial charge in [0, 0.05) is 50.3 Å². The molecule has 3 aliphatic rings. The lowest BCUT2D eigenvalue weighted by molar-refractivity contribution is -0.130. The van der Waals surface area contributed by atoms with Gasteiger partial charge in [0.1, 0.15) is 0 Å². The molecule has 0 spiro atoms. The summed E-state index contributed by atoms with van der Waals surface area (Å²) in [5, 5.41) is 10.3. The Hall–Kier alpha value is -2.05. The van der Waals surface area contributed by atoms with Gasteiger partial charge in [-0.15, -0.1) is 0 Å². The van der Waals surface area contributed by atoms with E-state index in [1.807, 2.05) is 16.0 Å². The number of carbonyl (C=O) groups is 2. The summed E-state index contributed by atoms with van der Waals surface area (Å²) in [7, 11) is 0. The Labute approximate surface area is 141 Å². The van der Waals surface area contributed by atoms with Crippen molar-refractivity contribution < 1.29 is 9.59 Å². The van der Waals surface area contributed by atoms with E-state index < -0.39 is 0 Å². The second kappa shape index (κ2) is 6.45. The Morgan fingerprint density at radius 2 is 2.04 bits per heavy atom. The maximum atomic E-state index is 12.5. The minimum absolute atomic E-state index is 0.0363. The average molecular weight is 331 g/mol. The maximum Gasteiger partial charge on any atom is 0.317 e. The standard InChI is InChI=1S/C17H25N5O2/c23-16-2-1-7-22(16)14-5-8-21(9-6-14)17(24)19-13-4-3-12-11-18-20-15(12)10-13/h11,13-14H,1-10H2,(H,18,20)(H,19,24). The normalized spacial score (nSPS) is 25.0. The van der Waals surface area contributed by atoms with E-state index in [1.165, 1.54) is 5.56 Å². The smallest absolute Gasteiger partial charge is 0.317 e. The highest BCUT2D eigenvalue weighted by Crippen LogP contribution is 2.23. The van der Waals surface area contributed by atoms with Crippen LogP contribution >= 0.6 is 0 Å². The number of piperidine rings is 1. The molecule has 0 bridgehead atoms. The van der Waals surface area contributed by atoms with Gasteiger partial charge in [-0.3, -0.25) is 9.89 Å². The molecular weight excluding hydrogens is 306 g/mol. The van der Waals surface area contributed by atoms with Gasteiger partial charge in [0.05, 0.1) is 6.20 Å². The second-order valence-electron chi connectivity index (χ2n) is 7.17. The zero-order chi connectivity index (χ0) is 16.5. The molecule has 3 amide bonds. The van der Waals surface area contributed by atoms with Crippen molar-refractivity contribution in [3.63, 3.8) is 0 Å². The molecule has 130 valence electrons. The van der Waals surface area contributed by atoms with Crippen LogP contribution < -0.4 is 5.32 Å². The van der Waals surface area contributed by atoms with Crippen LogP contribution in [0, 0.1) is 0 Å². The van der Waals surface area contributed by atoms with E-state index in [-0.39, 0.29) is 18.0 Å². The molecule has 1 atom stereocenters. The predicted molar refractivity (Wildman–Crippen MR) is 88.5 cm³/mol. The minimum Gasteiger partial charge on any atom is -0.340 e. The molecule has 2 N–H and O–H groups in total. The van der Waals surface area contributed by atoms with Crippen LogP contribution in [-0.2, 0) is 17.6 Å². The van der Waals surface area contributed by atoms with Gasteiger partial charge in [-0.1, -0.05) is 0 Å². The van der Waals surface area contributed by atoms with Gasteiger partial charge in [-0.05, 0) is 37.7 Å². The summed E-state index contributed by atoms with van der Waals surface area (Å²) in [5.41, 5.74) is 2.43. The number of aryl methyl sites for hydroxylation is 1. The third-order valence-electron chi connectivity index (χ3n) is 5.65. The number of likely N-dealkylation sites (tertiary alicyclic amines) is 2. The van der Waals surface area contributed by atoms with Crippen molar-refractivity contribution >= 4 is 11.9 Å². The predicted octanol–water partition coefficient (Wildman–Crippen LogP) is 1.06. The van der Waals surface area contributed by atoms with Crippen molar-refractivity contribution in [1.29, 1.82) is 0 Å². The van der Waals surface area contributed by atoms with Crippen molar-refractivity contribution in [2.75, 3.05) is 19.6 Å². The molecule has 1 aliphatic carbocycles. The second-order valence-corrected chi connectivity index (χ2v) is 7.17. The molecule has 2 aliphatic heterocycles. The summed E-state index contributed by atoms with van der Waals surface area (Å²) in [4.78, 5) is 28.3. The molecule has 7 heteroatoms. The fraction of sp³-hybridized carbons (Fsp3) is 0.706. The van der Waals surface area contributed by atoms with E-state index in [1.54, 1.807) is 0 Å². The number of fused-ring (bicyclic) bond motifs is 1. The van der Waals surface area contributed by atoms with Crippen LogP contribution in [0.5, 0.6) is 0 Å². The van der Waals surface area contributed by atoms with Gasteiger partial charge in [0.2, 0.25) is 5.91 Å². The van der Waals surface area contributed by atoms with Crippen LogP contribution in [0.4, 0.5) is 4.79 Å². The first-order chi connectivity index (χ1) is 11.7. The molecule has 2 fully saturated rings. The number of hydrogen-bond acceptors (Lipinski definition) is 3. The van der Waals surface area contributed by atoms with E-state index in [4.69, 9.17) is 0 Å². The molecule has 24 heavy (non-hydrogen) atoms. The van der Waals surface area contributed by atoms with Crippen molar-refractivity contribution in [2.24, 2.45) is 0 Å². The third kappa shape index (κ3) is 2.99. The first-order valence-electron chi connectivity index (χ1n) is 9.07. The van der Waals surface area contributed by atoms with Crippen molar-refractivity contribution in [2.45, 2.75) is 57.0 Å². The number of carbonyl (C=O) groups excluding carboxylic acids is 2. The van der Waals surface area contributed by atoms with E-state index in [0.717, 1.165) is 63.9 Å². The summed E-state index contributed by atoms with van der Waals surface area (Å²) < 4.78 is 0. The SMILES string of the molecule is O=C(NC1CCc2cn[nH]c2C1)N1CCC(N2CCCC2=O)CC1. The Morgan fingerprint density at radius 1 is 1.21 bits per heavy atom. The van der Waals surface area contributed by atoms with Crippen molar-refractivity contribution in [3.8, 4) is 0 Å². The molecule has 1 aromatic rings. The van der Waals surface area contributed by atoms with Gasteiger partial charge in [0.25, 0.3) is 0 Å². The summed E-state index contributed by atoms with van der Waals surface area (Å²) >= 11 is 0. The van der Waals surface area contributed by atoms with Crippen LogP contribution in [0.2, 0.25) is 0 Å². The molecular formula is C17H25N5O2. The lowest BCUT2D eigenvalue weighted by Crippen LogP contribution is -2.52. The molecule has 2 saturated heterocycles. The first-order valence-corrected chi connectivity index (χ1v) is 9.07. The molecule has 1 aromatic heterocycles. The highest BCUT2D eigenvalue weighted by Gasteiger charge is 2.32. The summed E-state index contributed by atoms with van der Waals surface area (Å²) in [6.45, 7) is 2.37. The monoisotopic (exact) mass is 331 g/mol. The average Bonchev–Trinajstić information content (AvgIpc) is 3.23. The summed E-state index contributed by atoms with van der Waals surface area (Å²) in [6, 6.07) is 0.545. The summed E-state index contributed by atoms with van der Waals surface area (Å²) in [6.07, 6.45) is 8.13. The lowest BCUT2D eigenvalue weighted by Gasteiger charge is -2.37. The van der Waals surface area contributed by atoms with Crippen LogP contribution in [0.15, 0.2) is 6.20 Å². The molecule has 7 nitrogen and oxygen atoms in total. The number of rotatable bonds is 2. The number of H-pyrrole nitrogens is 1. The largest absolute Gasteiger partial charge is 0.340 e. The Balaban J connectivity index is 1.27. The fourth-order valence-electron chi connectivity index (χ4n) is 4.23. The number of hydrogen-bond donors (Lipinski definition) is 2. The van der Waals surface area contributed by atoms with E-state index >= 15 is 0 Å². The quantitative estimate of drug-likeness (QED) is 0.850. The van der Waals surface area contributed by atoms with E-state index in [9.17, 15) is 9.59 Å². The zero-order valence-electron chi connectivity index (χ0n) is 14.0. The Bertz CT molecular complexity index is 620. The highest BCUT2D eigenvalue weighted by atomic mass is 16.2. The van der Waals surface area contributed by atoms with Crippen LogP contribution in [0.3, 0.4) is 0 Å². The lowest BCUT2D eigenvalue weighted by atomic mass is 9.94. The molecule has 3 heterocycles. The Morgan fingerprint density at radius 3 is 2.79 bits per heavy atom. The highest BCUT2D eigenvalue weighted by molar-refractivity contribution is 5.78. The minimum atomic E-state index is 0.0363. The maximum absolute atomic E-state index is 12.5. The summed E-state index contributed by atoms with van der Waals surface area (Å²) in [5.74, 6) is 0.287. The van der Waals surface area contributed by atoms with E-state index in [0.29, 0.717) is 12.5 Å². The molecule has 4 rings (SSSR count). The number of aromatic amines is 1. The van der Waals surface area contributed by atoms with Gasteiger partial charge < -0.3 is 15.1 Å². The molecule has 0 aromatic carbocycles. The third-order valence-corrected chi connectivity index (χ3v) is 5.65. The Kier molecular flexibility index (Phi) is 4.16. The molecule has 1 unspecified atom stereocenters. The van der Waals surface area contributed by atoms with Gasteiger partial charge in [-0.25, -0.2) is 4.79 Å². The van der Waals surface area contributed by atoms with Crippen LogP contribution in [0.1, 0.15) is 43.4 Å². The van der Waals surface area contributed by atoms with Gasteiger partial charge in [-0.2, -0.15) is 5.10 Å². The first kappa shape index (κ1) is 15.5. The number of nitrogens with one attached hydrogen (secondary N) is 2. The number of urea groups is 1. The topological polar surface area (TPSA) is 81.3 Å². The van der Waals surface area contributed by atoms with Crippen LogP contribution in [-0.4, -0.2) is 63.7 Å². The van der Waals surface area contributed by atoms with Gasteiger partial charge in [0.15, 0.2) is 0 Å². The number of aromatic nitrogens is 2. The zero-order valence-corrected chi connectivity index (χ0v) is 14.0. The van der Waals surface area contributed by atoms with Crippen molar-refractivity contribution in [1.82, 2.24) is 25.3 Å². The molecule has 0 saturated carbocycles. The van der Waals surface area contributed by atoms with E-state index in [2.05, 4.69) is 15.5 Å². The van der Waals surface area contributed by atoms with Crippen molar-refractivity contribution in [3.05, 3.63) is 17.5 Å². The van der Waals surface area contributed by atoms with Gasteiger partial charge >= 0.3 is 6.03 Å². The fourth-order valence-corrected chi connectivity index (χ4v) is 4.23. The number of amides is 3. The van der Waals surface area contributed by atoms with Crippen LogP contribution in [0.25, 0.3) is 0 Å². The number of nitrogens with zero attached hydrogens (tertiary/aromatic N) is 3. The molecule has 0 radical (unpaired) electrons.